The van der Waals surface area contributed by atoms with Gasteiger partial charge in [-0.1, -0.05) is 36.4 Å². The van der Waals surface area contributed by atoms with Crippen molar-refractivity contribution in [2.24, 2.45) is 9.98 Å². The molecular weight excluding hydrogens is 1040 g/mol. The summed E-state index contributed by atoms with van der Waals surface area (Å²) in [6.07, 6.45) is 8.05. The van der Waals surface area contributed by atoms with Gasteiger partial charge in [-0.15, -0.1) is 0 Å². The number of rotatable bonds is 21. The summed E-state index contributed by atoms with van der Waals surface area (Å²) in [5, 5.41) is 10.8. The van der Waals surface area contributed by atoms with Crippen LogP contribution in [0.2, 0.25) is 0 Å². The highest BCUT2D eigenvalue weighted by atomic mass is 16.5. The fourth-order valence-electron chi connectivity index (χ4n) is 10.4. The van der Waals surface area contributed by atoms with E-state index >= 15 is 0 Å². The van der Waals surface area contributed by atoms with Gasteiger partial charge in [0.05, 0.1) is 48.8 Å². The summed E-state index contributed by atoms with van der Waals surface area (Å²) in [4.78, 5) is 118. The molecule has 4 N–H and O–H groups in total. The quantitative estimate of drug-likeness (QED) is 0.0489. The molecule has 8 amide bonds. The van der Waals surface area contributed by atoms with Crippen LogP contribution in [-0.2, 0) is 54.8 Å². The molecule has 4 atom stereocenters. The van der Waals surface area contributed by atoms with Crippen molar-refractivity contribution in [2.45, 2.75) is 89.8 Å². The number of hydrogen-bond donors (Lipinski definition) is 4. The van der Waals surface area contributed by atoms with Crippen LogP contribution in [0.3, 0.4) is 0 Å². The normalized spacial score (nSPS) is 16.9. The summed E-state index contributed by atoms with van der Waals surface area (Å²) in [6.45, 7) is 3.05. The van der Waals surface area contributed by atoms with E-state index in [4.69, 9.17) is 28.9 Å². The molecule has 0 bridgehead atoms. The van der Waals surface area contributed by atoms with Gasteiger partial charge < -0.3 is 40.2 Å². The van der Waals surface area contributed by atoms with Crippen LogP contribution < -0.4 is 50.0 Å². The summed E-state index contributed by atoms with van der Waals surface area (Å²) >= 11 is 0. The minimum absolute atomic E-state index is 0.0401. The van der Waals surface area contributed by atoms with E-state index in [1.54, 1.807) is 58.6 Å². The second-order valence-corrected chi connectivity index (χ2v) is 20.1. The summed E-state index contributed by atoms with van der Waals surface area (Å²) < 4.78 is 24.4. The van der Waals surface area contributed by atoms with Gasteiger partial charge in [0.25, 0.3) is 23.6 Å². The van der Waals surface area contributed by atoms with Crippen LogP contribution in [0.4, 0.5) is 28.4 Å². The molecule has 5 aromatic rings. The Labute approximate surface area is 466 Å². The number of aliphatic imine (C=N–C) groups is 2. The molecule has 0 fully saturated rings. The lowest BCUT2D eigenvalue weighted by atomic mass is 10.1. The second kappa shape index (κ2) is 23.7. The Kier molecular flexibility index (Phi) is 16.0. The van der Waals surface area contributed by atoms with Crippen LogP contribution in [0.25, 0.3) is 0 Å². The number of fused-ring (bicyclic) bond motifs is 8. The van der Waals surface area contributed by atoms with Gasteiger partial charge in [-0.2, -0.15) is 0 Å². The SMILES string of the molecule is COc1cc2c(cc1OCc1cc(COc3cc4c(cc3OC)C(=O)N3c5ccccc5C[C@H]3C=N4)cc(NC(=O)[C@H](C)NC(=O)[C@H](C)NC(=O)CCCCC(=O)NCCN3C(=O)C=CC3=O)c1)N=C[C@@H]1Cc3ccccc3N1C2=O. The average molecular weight is 1100 g/mol. The summed E-state index contributed by atoms with van der Waals surface area (Å²) in [5.74, 6) is -1.96. The molecule has 5 aromatic carbocycles. The molecule has 416 valence electrons. The second-order valence-electron chi connectivity index (χ2n) is 20.1. The number of nitrogens with one attached hydrogen (secondary N) is 4. The summed E-state index contributed by atoms with van der Waals surface area (Å²) in [6, 6.07) is 24.8. The molecule has 81 heavy (non-hydrogen) atoms. The lowest BCUT2D eigenvalue weighted by Crippen LogP contribution is -2.50. The van der Waals surface area contributed by atoms with Crippen molar-refractivity contribution in [3.63, 3.8) is 0 Å². The van der Waals surface area contributed by atoms with Crippen molar-refractivity contribution in [3.05, 3.63) is 137 Å². The molecule has 10 rings (SSSR count). The zero-order valence-electron chi connectivity index (χ0n) is 45.0. The smallest absolute Gasteiger partial charge is 0.261 e. The van der Waals surface area contributed by atoms with E-state index in [1.807, 2.05) is 54.6 Å². The average Bonchev–Trinajstić information content (AvgIpc) is 4.22. The molecular formula is C60H59N9O12. The fourth-order valence-corrected chi connectivity index (χ4v) is 10.4. The lowest BCUT2D eigenvalue weighted by molar-refractivity contribution is -0.137. The molecule has 0 saturated heterocycles. The first-order valence-electron chi connectivity index (χ1n) is 26.6. The number of imide groups is 1. The Balaban J connectivity index is 0.806. The number of hydrogen-bond acceptors (Lipinski definition) is 14. The Hall–Kier alpha value is -9.66. The maximum absolute atomic E-state index is 14.1. The van der Waals surface area contributed by atoms with Gasteiger partial charge in [0.15, 0.2) is 23.0 Å². The third-order valence-electron chi connectivity index (χ3n) is 14.5. The van der Waals surface area contributed by atoms with Crippen molar-refractivity contribution in [3.8, 4) is 23.0 Å². The standard InChI is InChI=1S/C60H59N9O12/c1-34(64-54(71)16-10-9-15-53(70)61-19-20-67-55(72)17-18-56(67)73)57(74)65-35(2)58(75)66-40-22-36(32-80-51-28-45-43(26-49(51)78-3)59(76)68-41(30-62-45)24-38-11-5-7-13-47(38)68)21-37(23-40)33-81-52-29-46-44(27-50(52)79-4)60(77)69-42(31-63-46)25-39-12-6-8-14-48(39)69/h5-8,11-14,17-18,21-23,26-31,34-35,41-42H,9-10,15-16,19-20,24-25,32-33H2,1-4H3,(H,61,70)(H,64,71)(H,65,74)(H,66,75)/t34-,35-,41-,42-/m0/s1. The number of para-hydroxylation sites is 2. The van der Waals surface area contributed by atoms with Gasteiger partial charge in [0.2, 0.25) is 23.6 Å². The van der Waals surface area contributed by atoms with Gasteiger partial charge in [-0.05, 0) is 91.4 Å². The summed E-state index contributed by atoms with van der Waals surface area (Å²) in [7, 11) is 2.96. The number of carbonyl (C=O) groups excluding carboxylic acids is 8. The third-order valence-corrected chi connectivity index (χ3v) is 14.5. The van der Waals surface area contributed by atoms with Crippen LogP contribution >= 0.6 is 0 Å². The van der Waals surface area contributed by atoms with E-state index < -0.39 is 41.6 Å². The molecule has 5 heterocycles. The molecule has 0 spiro atoms. The number of carbonyl (C=O) groups is 8. The molecule has 21 nitrogen and oxygen atoms in total. The lowest BCUT2D eigenvalue weighted by Gasteiger charge is -2.22. The molecule has 5 aliphatic heterocycles. The largest absolute Gasteiger partial charge is 0.493 e. The highest BCUT2D eigenvalue weighted by Gasteiger charge is 2.38. The number of benzene rings is 5. The maximum atomic E-state index is 14.1. The maximum Gasteiger partial charge on any atom is 0.261 e. The molecule has 0 aromatic heterocycles. The molecule has 0 radical (unpaired) electrons. The van der Waals surface area contributed by atoms with Crippen molar-refractivity contribution in [1.29, 1.82) is 0 Å². The van der Waals surface area contributed by atoms with E-state index in [0.717, 1.165) is 27.4 Å². The Bertz CT molecular complexity index is 3310. The molecule has 0 unspecified atom stereocenters. The number of methoxy groups -OCH3 is 2. The monoisotopic (exact) mass is 1100 g/mol. The van der Waals surface area contributed by atoms with Gasteiger partial charge in [0.1, 0.15) is 25.3 Å². The first-order valence-corrected chi connectivity index (χ1v) is 26.6. The van der Waals surface area contributed by atoms with Crippen LogP contribution in [0.15, 0.2) is 113 Å². The molecule has 5 aliphatic rings. The highest BCUT2D eigenvalue weighted by molar-refractivity contribution is 6.16. The fraction of sp³-hybridized carbons (Fsp3) is 0.300. The van der Waals surface area contributed by atoms with E-state index in [0.29, 0.717) is 88.0 Å². The van der Waals surface area contributed by atoms with Crippen molar-refractivity contribution in [2.75, 3.05) is 42.4 Å². The van der Waals surface area contributed by atoms with E-state index in [1.165, 1.54) is 40.2 Å². The first-order chi connectivity index (χ1) is 39.2. The summed E-state index contributed by atoms with van der Waals surface area (Å²) in [5.41, 5.74) is 6.82. The van der Waals surface area contributed by atoms with E-state index in [9.17, 15) is 38.4 Å². The molecule has 21 heteroatoms. The van der Waals surface area contributed by atoms with Crippen LogP contribution in [0.5, 0.6) is 23.0 Å². The third kappa shape index (κ3) is 11.9. The van der Waals surface area contributed by atoms with Crippen molar-refractivity contribution in [1.82, 2.24) is 20.9 Å². The first kappa shape index (κ1) is 54.7. The van der Waals surface area contributed by atoms with Gasteiger partial charge in [-0.25, -0.2) is 0 Å². The number of ether oxygens (including phenoxy) is 4. The number of anilines is 3. The minimum Gasteiger partial charge on any atom is -0.493 e. The molecule has 0 aliphatic carbocycles. The Morgan fingerprint density at radius 1 is 0.605 bits per heavy atom. The van der Waals surface area contributed by atoms with Crippen LogP contribution in [-0.4, -0.2) is 116 Å². The topological polar surface area (TPSA) is 256 Å². The van der Waals surface area contributed by atoms with Gasteiger partial charge in [-0.3, -0.25) is 63.0 Å². The van der Waals surface area contributed by atoms with Crippen LogP contribution in [0, 0.1) is 0 Å². The number of amides is 8. The van der Waals surface area contributed by atoms with E-state index in [-0.39, 0.29) is 69.0 Å². The van der Waals surface area contributed by atoms with E-state index in [2.05, 4.69) is 21.3 Å². The Morgan fingerprint density at radius 3 is 1.62 bits per heavy atom. The zero-order chi connectivity index (χ0) is 56.9. The number of unbranched alkanes of at least 4 members (excludes halogenated alkanes) is 1. The van der Waals surface area contributed by atoms with Crippen molar-refractivity contribution < 1.29 is 57.3 Å². The van der Waals surface area contributed by atoms with Gasteiger partial charge >= 0.3 is 0 Å². The van der Waals surface area contributed by atoms with Crippen molar-refractivity contribution >= 4 is 88.1 Å². The van der Waals surface area contributed by atoms with Gasteiger partial charge in [0, 0.05) is 92.5 Å². The minimum atomic E-state index is -1.07. The Morgan fingerprint density at radius 2 is 1.10 bits per heavy atom. The number of nitrogens with zero attached hydrogens (tertiary/aromatic N) is 5. The zero-order valence-corrected chi connectivity index (χ0v) is 45.0. The predicted molar refractivity (Wildman–Crippen MR) is 300 cm³/mol. The predicted octanol–water partition coefficient (Wildman–Crippen LogP) is 5.99. The highest BCUT2D eigenvalue weighted by Crippen LogP contribution is 2.43. The molecule has 0 saturated carbocycles. The van der Waals surface area contributed by atoms with Crippen LogP contribution in [0.1, 0.15) is 82.5 Å².